The van der Waals surface area contributed by atoms with Gasteiger partial charge < -0.3 is 14.2 Å². The third-order valence-electron chi connectivity index (χ3n) is 4.15. The lowest BCUT2D eigenvalue weighted by Gasteiger charge is -2.30. The summed E-state index contributed by atoms with van der Waals surface area (Å²) in [6, 6.07) is 7.85. The highest BCUT2D eigenvalue weighted by Gasteiger charge is 2.39. The van der Waals surface area contributed by atoms with E-state index in [0.717, 1.165) is 16.5 Å². The maximum Gasteiger partial charge on any atom is 0.258 e. The first kappa shape index (κ1) is 14.6. The van der Waals surface area contributed by atoms with Gasteiger partial charge in [0.05, 0.1) is 12.6 Å². The van der Waals surface area contributed by atoms with Crippen LogP contribution in [0.2, 0.25) is 0 Å². The SMILES string of the molecule is OC1(c2nc(Cc3ccno3)no2)CCc2cc(Br)ccc2C1. The summed E-state index contributed by atoms with van der Waals surface area (Å²) in [5, 5.41) is 18.5. The first-order valence-corrected chi connectivity index (χ1v) is 8.14. The van der Waals surface area contributed by atoms with Crippen LogP contribution in [0.15, 0.2) is 44.0 Å². The average molecular weight is 376 g/mol. The molecule has 0 saturated carbocycles. The monoisotopic (exact) mass is 375 g/mol. The molecular weight excluding hydrogens is 362 g/mol. The summed E-state index contributed by atoms with van der Waals surface area (Å²) in [5.41, 5.74) is 1.23. The quantitative estimate of drug-likeness (QED) is 0.757. The predicted octanol–water partition coefficient (Wildman–Crippen LogP) is 2.79. The van der Waals surface area contributed by atoms with Crippen molar-refractivity contribution in [1.29, 1.82) is 0 Å². The van der Waals surface area contributed by atoms with E-state index in [1.165, 1.54) is 5.56 Å². The van der Waals surface area contributed by atoms with Crippen molar-refractivity contribution in [1.82, 2.24) is 15.3 Å². The van der Waals surface area contributed by atoms with Crippen molar-refractivity contribution >= 4 is 15.9 Å². The van der Waals surface area contributed by atoms with Gasteiger partial charge in [-0.3, -0.25) is 0 Å². The molecule has 23 heavy (non-hydrogen) atoms. The first-order chi connectivity index (χ1) is 11.1. The number of halogens is 1. The highest BCUT2D eigenvalue weighted by molar-refractivity contribution is 9.10. The van der Waals surface area contributed by atoms with Crippen molar-refractivity contribution < 1.29 is 14.2 Å². The van der Waals surface area contributed by atoms with Crippen molar-refractivity contribution in [2.24, 2.45) is 0 Å². The Bertz CT molecular complexity index is 831. The number of aryl methyl sites for hydroxylation is 1. The van der Waals surface area contributed by atoms with Crippen molar-refractivity contribution in [2.45, 2.75) is 31.3 Å². The van der Waals surface area contributed by atoms with E-state index in [1.54, 1.807) is 12.3 Å². The molecule has 0 saturated heterocycles. The molecule has 1 aromatic carbocycles. The Morgan fingerprint density at radius 2 is 2.13 bits per heavy atom. The van der Waals surface area contributed by atoms with E-state index in [-0.39, 0.29) is 5.89 Å². The summed E-state index contributed by atoms with van der Waals surface area (Å²) in [6.45, 7) is 0. The van der Waals surface area contributed by atoms with Gasteiger partial charge in [-0.2, -0.15) is 4.98 Å². The molecule has 0 radical (unpaired) electrons. The van der Waals surface area contributed by atoms with Crippen LogP contribution in [0.5, 0.6) is 0 Å². The summed E-state index contributed by atoms with van der Waals surface area (Å²) in [4.78, 5) is 4.35. The maximum atomic E-state index is 11.0. The summed E-state index contributed by atoms with van der Waals surface area (Å²) in [7, 11) is 0. The normalized spacial score (nSPS) is 20.4. The van der Waals surface area contributed by atoms with Gasteiger partial charge in [0, 0.05) is 17.0 Å². The van der Waals surface area contributed by atoms with Crippen molar-refractivity contribution in [2.75, 3.05) is 0 Å². The van der Waals surface area contributed by atoms with E-state index in [4.69, 9.17) is 9.05 Å². The fourth-order valence-corrected chi connectivity index (χ4v) is 3.34. The zero-order valence-electron chi connectivity index (χ0n) is 12.2. The molecule has 0 aliphatic heterocycles. The molecule has 1 N–H and O–H groups in total. The Balaban J connectivity index is 1.58. The maximum absolute atomic E-state index is 11.0. The fraction of sp³-hybridized carbons (Fsp3) is 0.312. The molecular formula is C16H14BrN3O3. The van der Waals surface area contributed by atoms with Crippen LogP contribution in [0.25, 0.3) is 0 Å². The van der Waals surface area contributed by atoms with Crippen LogP contribution in [0.3, 0.4) is 0 Å². The molecule has 0 spiro atoms. The minimum atomic E-state index is -1.12. The third-order valence-corrected chi connectivity index (χ3v) is 4.64. The molecule has 0 fully saturated rings. The molecule has 7 heteroatoms. The van der Waals surface area contributed by atoms with Crippen molar-refractivity contribution in [3.63, 3.8) is 0 Å². The number of nitrogens with zero attached hydrogens (tertiary/aromatic N) is 3. The molecule has 1 aliphatic rings. The van der Waals surface area contributed by atoms with Gasteiger partial charge in [-0.25, -0.2) is 0 Å². The number of aliphatic hydroxyl groups is 1. The minimum Gasteiger partial charge on any atom is -0.380 e. The Morgan fingerprint density at radius 3 is 2.96 bits per heavy atom. The van der Waals surface area contributed by atoms with E-state index in [0.29, 0.717) is 30.8 Å². The molecule has 4 rings (SSSR count). The molecule has 1 aliphatic carbocycles. The highest BCUT2D eigenvalue weighted by Crippen LogP contribution is 2.36. The van der Waals surface area contributed by atoms with E-state index in [9.17, 15) is 5.11 Å². The molecule has 6 nitrogen and oxygen atoms in total. The lowest BCUT2D eigenvalue weighted by Crippen LogP contribution is -2.33. The summed E-state index contributed by atoms with van der Waals surface area (Å²) in [6.07, 6.45) is 3.76. The Labute approximate surface area is 140 Å². The largest absolute Gasteiger partial charge is 0.380 e. The second-order valence-corrected chi connectivity index (χ2v) is 6.71. The van der Waals surface area contributed by atoms with Gasteiger partial charge in [0.25, 0.3) is 5.89 Å². The molecule has 2 heterocycles. The zero-order chi connectivity index (χ0) is 15.9. The Kier molecular flexibility index (Phi) is 3.54. The lowest BCUT2D eigenvalue weighted by atomic mass is 9.80. The van der Waals surface area contributed by atoms with Crippen LogP contribution in [0.4, 0.5) is 0 Å². The minimum absolute atomic E-state index is 0.264. The summed E-state index contributed by atoms with van der Waals surface area (Å²) < 4.78 is 11.4. The third kappa shape index (κ3) is 2.82. The van der Waals surface area contributed by atoms with Crippen LogP contribution in [0, 0.1) is 0 Å². The van der Waals surface area contributed by atoms with Gasteiger partial charge in [0.15, 0.2) is 5.82 Å². The van der Waals surface area contributed by atoms with Crippen LogP contribution >= 0.6 is 15.9 Å². The first-order valence-electron chi connectivity index (χ1n) is 7.35. The number of benzene rings is 1. The van der Waals surface area contributed by atoms with Gasteiger partial charge >= 0.3 is 0 Å². The molecule has 1 unspecified atom stereocenters. The van der Waals surface area contributed by atoms with Crippen LogP contribution in [0.1, 0.15) is 35.0 Å². The van der Waals surface area contributed by atoms with Crippen molar-refractivity contribution in [3.05, 3.63) is 63.5 Å². The Hall–Kier alpha value is -1.99. The molecule has 2 aromatic heterocycles. The summed E-state index contributed by atoms with van der Waals surface area (Å²) in [5.74, 6) is 1.40. The Morgan fingerprint density at radius 1 is 1.22 bits per heavy atom. The van der Waals surface area contributed by atoms with Crippen LogP contribution < -0.4 is 0 Å². The van der Waals surface area contributed by atoms with Gasteiger partial charge in [-0.05, 0) is 36.1 Å². The van der Waals surface area contributed by atoms with E-state index in [1.807, 2.05) is 12.1 Å². The number of hydrogen-bond donors (Lipinski definition) is 1. The second-order valence-electron chi connectivity index (χ2n) is 5.79. The van der Waals surface area contributed by atoms with Gasteiger partial charge in [0.1, 0.15) is 11.4 Å². The molecule has 0 bridgehead atoms. The standard InChI is InChI=1S/C16H14BrN3O3/c17-12-2-1-11-9-16(21,5-3-10(11)7-12)15-19-14(20-23-15)8-13-4-6-18-22-13/h1-2,4,6-7,21H,3,5,8-9H2. The number of fused-ring (bicyclic) bond motifs is 1. The molecule has 3 aromatic rings. The molecule has 1 atom stereocenters. The summed E-state index contributed by atoms with van der Waals surface area (Å²) >= 11 is 3.48. The number of hydrogen-bond acceptors (Lipinski definition) is 6. The van der Waals surface area contributed by atoms with Gasteiger partial charge in [0.2, 0.25) is 0 Å². The van der Waals surface area contributed by atoms with E-state index >= 15 is 0 Å². The average Bonchev–Trinajstić information content (AvgIpc) is 3.20. The number of rotatable bonds is 3. The smallest absolute Gasteiger partial charge is 0.258 e. The number of aromatic nitrogens is 3. The van der Waals surface area contributed by atoms with Crippen molar-refractivity contribution in [3.8, 4) is 0 Å². The van der Waals surface area contributed by atoms with Gasteiger partial charge in [-0.1, -0.05) is 32.3 Å². The van der Waals surface area contributed by atoms with Crippen LogP contribution in [-0.2, 0) is 24.9 Å². The fourth-order valence-electron chi connectivity index (χ4n) is 2.93. The predicted molar refractivity (Wildman–Crippen MR) is 83.7 cm³/mol. The van der Waals surface area contributed by atoms with Crippen LogP contribution in [-0.4, -0.2) is 20.4 Å². The second kappa shape index (κ2) is 5.58. The highest BCUT2D eigenvalue weighted by atomic mass is 79.9. The van der Waals surface area contributed by atoms with E-state index in [2.05, 4.69) is 37.3 Å². The van der Waals surface area contributed by atoms with Gasteiger partial charge in [-0.15, -0.1) is 0 Å². The lowest BCUT2D eigenvalue weighted by molar-refractivity contribution is -0.00861. The zero-order valence-corrected chi connectivity index (χ0v) is 13.8. The molecule has 0 amide bonds. The topological polar surface area (TPSA) is 85.2 Å². The molecule has 118 valence electrons. The van der Waals surface area contributed by atoms with E-state index < -0.39 is 5.60 Å².